The monoisotopic (exact) mass is 381 g/mol. The molecule has 8 heteroatoms. The third-order valence-electron chi connectivity index (χ3n) is 3.35. The zero-order valence-corrected chi connectivity index (χ0v) is 14.4. The number of halogens is 1. The van der Waals surface area contributed by atoms with Crippen LogP contribution in [-0.4, -0.2) is 33.9 Å². The maximum Gasteiger partial charge on any atom is 0.331 e. The molecule has 122 valence electrons. The van der Waals surface area contributed by atoms with E-state index in [1.54, 1.807) is 25.3 Å². The number of benzene rings is 1. The lowest BCUT2D eigenvalue weighted by atomic mass is 10.1. The van der Waals surface area contributed by atoms with Crippen molar-refractivity contribution >= 4 is 33.5 Å². The van der Waals surface area contributed by atoms with Crippen LogP contribution in [0.1, 0.15) is 24.2 Å². The third-order valence-corrected chi connectivity index (χ3v) is 3.97. The van der Waals surface area contributed by atoms with Crippen LogP contribution in [0.2, 0.25) is 0 Å². The van der Waals surface area contributed by atoms with E-state index in [4.69, 9.17) is 4.74 Å². The van der Waals surface area contributed by atoms with E-state index >= 15 is 0 Å². The standard InChI is InChI=1S/C15H16BrN3O4/c1-15(2,14(21)22)19-8-10(7-17-19)18-13(20)9-4-5-12(23-3)11(16)6-9/h4-8H,1-3H3,(H,18,20)(H,21,22). The molecule has 0 bridgehead atoms. The smallest absolute Gasteiger partial charge is 0.331 e. The molecule has 0 saturated heterocycles. The molecule has 1 heterocycles. The molecule has 0 saturated carbocycles. The maximum absolute atomic E-state index is 12.2. The van der Waals surface area contributed by atoms with E-state index in [9.17, 15) is 14.7 Å². The van der Waals surface area contributed by atoms with Crippen LogP contribution < -0.4 is 10.1 Å². The van der Waals surface area contributed by atoms with Gasteiger partial charge in [0.05, 0.1) is 23.5 Å². The highest BCUT2D eigenvalue weighted by Gasteiger charge is 2.30. The first kappa shape index (κ1) is 17.0. The van der Waals surface area contributed by atoms with Crippen LogP contribution in [0.25, 0.3) is 0 Å². The number of nitrogens with zero attached hydrogens (tertiary/aromatic N) is 2. The van der Waals surface area contributed by atoms with Crippen molar-refractivity contribution in [3.05, 3.63) is 40.6 Å². The van der Waals surface area contributed by atoms with Crippen LogP contribution in [0, 0.1) is 0 Å². The van der Waals surface area contributed by atoms with E-state index in [1.807, 2.05) is 0 Å². The van der Waals surface area contributed by atoms with Gasteiger partial charge in [-0.25, -0.2) is 4.79 Å². The highest BCUT2D eigenvalue weighted by molar-refractivity contribution is 9.10. The molecule has 0 spiro atoms. The molecular formula is C15H16BrN3O4. The Bertz CT molecular complexity index is 755. The van der Waals surface area contributed by atoms with Gasteiger partial charge in [0, 0.05) is 11.8 Å². The van der Waals surface area contributed by atoms with Crippen molar-refractivity contribution < 1.29 is 19.4 Å². The minimum atomic E-state index is -1.20. The van der Waals surface area contributed by atoms with E-state index in [-0.39, 0.29) is 5.91 Å². The predicted molar refractivity (Wildman–Crippen MR) is 87.8 cm³/mol. The molecule has 7 nitrogen and oxygen atoms in total. The second-order valence-electron chi connectivity index (χ2n) is 5.34. The van der Waals surface area contributed by atoms with Crippen molar-refractivity contribution in [2.75, 3.05) is 12.4 Å². The summed E-state index contributed by atoms with van der Waals surface area (Å²) in [6, 6.07) is 4.94. The SMILES string of the molecule is COc1ccc(C(=O)Nc2cnn(C(C)(C)C(=O)O)c2)cc1Br. The van der Waals surface area contributed by atoms with Crippen LogP contribution in [0.3, 0.4) is 0 Å². The fourth-order valence-electron chi connectivity index (χ4n) is 1.80. The van der Waals surface area contributed by atoms with E-state index in [2.05, 4.69) is 26.3 Å². The van der Waals surface area contributed by atoms with Crippen LogP contribution in [0.4, 0.5) is 5.69 Å². The van der Waals surface area contributed by atoms with Crippen molar-refractivity contribution in [1.82, 2.24) is 9.78 Å². The van der Waals surface area contributed by atoms with Gasteiger partial charge in [-0.15, -0.1) is 0 Å². The minimum Gasteiger partial charge on any atom is -0.496 e. The van der Waals surface area contributed by atoms with Crippen molar-refractivity contribution in [3.8, 4) is 5.75 Å². The lowest BCUT2D eigenvalue weighted by Gasteiger charge is -2.19. The number of hydrogen-bond donors (Lipinski definition) is 2. The number of rotatable bonds is 5. The van der Waals surface area contributed by atoms with Crippen molar-refractivity contribution in [2.45, 2.75) is 19.4 Å². The molecule has 0 atom stereocenters. The van der Waals surface area contributed by atoms with Crippen molar-refractivity contribution in [1.29, 1.82) is 0 Å². The summed E-state index contributed by atoms with van der Waals surface area (Å²) < 4.78 is 7.06. The number of aliphatic carboxylic acids is 1. The fourth-order valence-corrected chi connectivity index (χ4v) is 2.34. The summed E-state index contributed by atoms with van der Waals surface area (Å²) in [5, 5.41) is 15.8. The Morgan fingerprint density at radius 3 is 2.65 bits per heavy atom. The summed E-state index contributed by atoms with van der Waals surface area (Å²) in [6.07, 6.45) is 2.88. The Balaban J connectivity index is 2.17. The molecule has 0 aliphatic heterocycles. The van der Waals surface area contributed by atoms with Crippen LogP contribution in [0.15, 0.2) is 35.1 Å². The fraction of sp³-hybridized carbons (Fsp3) is 0.267. The summed E-state index contributed by atoms with van der Waals surface area (Å²) in [5.74, 6) is -0.726. The van der Waals surface area contributed by atoms with Crippen molar-refractivity contribution in [2.24, 2.45) is 0 Å². The number of aromatic nitrogens is 2. The van der Waals surface area contributed by atoms with Gasteiger partial charge in [0.2, 0.25) is 0 Å². The number of amides is 1. The number of ether oxygens (including phenoxy) is 1. The first-order valence-electron chi connectivity index (χ1n) is 6.69. The molecule has 0 aliphatic carbocycles. The number of anilines is 1. The topological polar surface area (TPSA) is 93.5 Å². The van der Waals surface area contributed by atoms with Gasteiger partial charge in [-0.1, -0.05) is 0 Å². The van der Waals surface area contributed by atoms with Crippen LogP contribution in [-0.2, 0) is 10.3 Å². The number of carbonyl (C=O) groups is 2. The van der Waals surface area contributed by atoms with Gasteiger partial charge in [0.25, 0.3) is 5.91 Å². The average Bonchev–Trinajstić information content (AvgIpc) is 2.96. The summed E-state index contributed by atoms with van der Waals surface area (Å²) in [5.41, 5.74) is -0.356. The maximum atomic E-state index is 12.2. The number of carboxylic acids is 1. The number of methoxy groups -OCH3 is 1. The van der Waals surface area contributed by atoms with E-state index in [0.717, 1.165) is 0 Å². The second kappa shape index (κ2) is 6.41. The molecule has 0 unspecified atom stereocenters. The van der Waals surface area contributed by atoms with Gasteiger partial charge in [0.15, 0.2) is 5.54 Å². The second-order valence-corrected chi connectivity index (χ2v) is 6.20. The molecule has 0 radical (unpaired) electrons. The molecule has 1 amide bonds. The number of nitrogens with one attached hydrogen (secondary N) is 1. The normalized spacial score (nSPS) is 11.1. The summed E-state index contributed by atoms with van der Waals surface area (Å²) in [7, 11) is 1.54. The van der Waals surface area contributed by atoms with Gasteiger partial charge < -0.3 is 15.2 Å². The largest absolute Gasteiger partial charge is 0.496 e. The Labute approximate surface area is 141 Å². The first-order valence-corrected chi connectivity index (χ1v) is 7.48. The zero-order valence-electron chi connectivity index (χ0n) is 12.8. The van der Waals surface area contributed by atoms with E-state index in [1.165, 1.54) is 30.9 Å². The zero-order chi connectivity index (χ0) is 17.2. The van der Waals surface area contributed by atoms with Gasteiger partial charge in [-0.2, -0.15) is 5.10 Å². The molecule has 2 N–H and O–H groups in total. The minimum absolute atomic E-state index is 0.332. The first-order chi connectivity index (χ1) is 10.8. The van der Waals surface area contributed by atoms with Gasteiger partial charge in [-0.05, 0) is 48.0 Å². The summed E-state index contributed by atoms with van der Waals surface area (Å²) in [4.78, 5) is 23.4. The molecule has 0 aliphatic rings. The summed E-state index contributed by atoms with van der Waals surface area (Å²) in [6.45, 7) is 3.04. The highest BCUT2D eigenvalue weighted by atomic mass is 79.9. The molecule has 1 aromatic heterocycles. The molecule has 0 fully saturated rings. The predicted octanol–water partition coefficient (Wildman–Crippen LogP) is 2.73. The Morgan fingerprint density at radius 2 is 2.09 bits per heavy atom. The lowest BCUT2D eigenvalue weighted by Crippen LogP contribution is -2.35. The Hall–Kier alpha value is -2.35. The quantitative estimate of drug-likeness (QED) is 0.830. The highest BCUT2D eigenvalue weighted by Crippen LogP contribution is 2.26. The number of carboxylic acid groups (broad SMARTS) is 1. The van der Waals surface area contributed by atoms with Crippen LogP contribution >= 0.6 is 15.9 Å². The van der Waals surface area contributed by atoms with Crippen molar-refractivity contribution in [3.63, 3.8) is 0 Å². The lowest BCUT2D eigenvalue weighted by molar-refractivity contribution is -0.146. The number of carbonyl (C=O) groups excluding carboxylic acids is 1. The summed E-state index contributed by atoms with van der Waals surface area (Å²) >= 11 is 3.32. The van der Waals surface area contributed by atoms with E-state index in [0.29, 0.717) is 21.5 Å². The number of hydrogen-bond acceptors (Lipinski definition) is 4. The molecule has 23 heavy (non-hydrogen) atoms. The average molecular weight is 382 g/mol. The molecule has 2 rings (SSSR count). The van der Waals surface area contributed by atoms with E-state index < -0.39 is 11.5 Å². The third kappa shape index (κ3) is 3.53. The molecular weight excluding hydrogens is 366 g/mol. The Kier molecular flexibility index (Phi) is 4.74. The van der Waals surface area contributed by atoms with Gasteiger partial charge in [0.1, 0.15) is 5.75 Å². The van der Waals surface area contributed by atoms with Gasteiger partial charge >= 0.3 is 5.97 Å². The van der Waals surface area contributed by atoms with Gasteiger partial charge in [-0.3, -0.25) is 9.48 Å². The Morgan fingerprint density at radius 1 is 1.39 bits per heavy atom. The molecule has 1 aromatic carbocycles. The molecule has 2 aromatic rings. The van der Waals surface area contributed by atoms with Crippen LogP contribution in [0.5, 0.6) is 5.75 Å².